The maximum atomic E-state index is 3.72. The second kappa shape index (κ2) is 6.19. The first kappa shape index (κ1) is 15.0. The smallest absolute Gasteiger partial charge is 0.0159 e. The van der Waals surface area contributed by atoms with Crippen LogP contribution in [0.3, 0.4) is 0 Å². The van der Waals surface area contributed by atoms with Crippen molar-refractivity contribution in [2.75, 3.05) is 20.1 Å². The summed E-state index contributed by atoms with van der Waals surface area (Å²) in [6, 6.07) is 1.40. The van der Waals surface area contributed by atoms with Crippen molar-refractivity contribution in [2.45, 2.75) is 66.0 Å². The van der Waals surface area contributed by atoms with Crippen LogP contribution in [0.1, 0.15) is 53.9 Å². The summed E-state index contributed by atoms with van der Waals surface area (Å²) in [7, 11) is 2.28. The number of rotatable bonds is 6. The first-order valence-electron chi connectivity index (χ1n) is 7.36. The molecule has 1 fully saturated rings. The van der Waals surface area contributed by atoms with E-state index in [0.29, 0.717) is 17.5 Å². The molecule has 0 bridgehead atoms. The lowest BCUT2D eigenvalue weighted by Gasteiger charge is -2.34. The molecule has 1 aliphatic rings. The fourth-order valence-corrected chi connectivity index (χ4v) is 3.24. The van der Waals surface area contributed by atoms with Gasteiger partial charge >= 0.3 is 0 Å². The molecule has 3 unspecified atom stereocenters. The number of nitrogens with one attached hydrogen (secondary N) is 1. The van der Waals surface area contributed by atoms with Crippen molar-refractivity contribution < 1.29 is 0 Å². The lowest BCUT2D eigenvalue weighted by atomic mass is 9.84. The van der Waals surface area contributed by atoms with Gasteiger partial charge in [0.2, 0.25) is 0 Å². The number of hydrogen-bond acceptors (Lipinski definition) is 2. The van der Waals surface area contributed by atoms with Gasteiger partial charge in [-0.3, -0.25) is 0 Å². The Morgan fingerprint density at radius 1 is 1.35 bits per heavy atom. The largest absolute Gasteiger partial charge is 0.313 e. The normalized spacial score (nSPS) is 29.8. The standard InChI is InChI=1S/C15H32N2/c1-7-12(3)17(6)11-13-9-10-15(4,5)14(13)16-8-2/h12-14,16H,7-11H2,1-6H3. The van der Waals surface area contributed by atoms with Crippen LogP contribution in [0.2, 0.25) is 0 Å². The van der Waals surface area contributed by atoms with Gasteiger partial charge in [0.15, 0.2) is 0 Å². The maximum absolute atomic E-state index is 3.72. The molecule has 0 aromatic rings. The van der Waals surface area contributed by atoms with E-state index in [0.717, 1.165) is 12.5 Å². The van der Waals surface area contributed by atoms with Gasteiger partial charge in [0, 0.05) is 18.6 Å². The van der Waals surface area contributed by atoms with Crippen LogP contribution in [0, 0.1) is 11.3 Å². The molecule has 2 heteroatoms. The molecule has 0 aromatic carbocycles. The summed E-state index contributed by atoms with van der Waals surface area (Å²) in [5.74, 6) is 0.823. The van der Waals surface area contributed by atoms with Gasteiger partial charge in [-0.25, -0.2) is 0 Å². The molecule has 0 spiro atoms. The summed E-state index contributed by atoms with van der Waals surface area (Å²) in [4.78, 5) is 2.54. The average molecular weight is 240 g/mol. The Kier molecular flexibility index (Phi) is 5.46. The average Bonchev–Trinajstić information content (AvgIpc) is 2.55. The van der Waals surface area contributed by atoms with Crippen LogP contribution in [0.25, 0.3) is 0 Å². The Bertz CT molecular complexity index is 225. The fraction of sp³-hybridized carbons (Fsp3) is 1.00. The maximum Gasteiger partial charge on any atom is 0.0159 e. The monoisotopic (exact) mass is 240 g/mol. The molecule has 1 aliphatic carbocycles. The molecule has 1 rings (SSSR count). The van der Waals surface area contributed by atoms with Crippen molar-refractivity contribution in [3.63, 3.8) is 0 Å². The molecular formula is C15H32N2. The van der Waals surface area contributed by atoms with Gasteiger partial charge in [-0.05, 0) is 51.1 Å². The van der Waals surface area contributed by atoms with E-state index in [1.807, 2.05) is 0 Å². The molecule has 0 radical (unpaired) electrons. The summed E-state index contributed by atoms with van der Waals surface area (Å²) in [6.07, 6.45) is 3.99. The van der Waals surface area contributed by atoms with Crippen LogP contribution in [0.4, 0.5) is 0 Å². The third-order valence-electron chi connectivity index (χ3n) is 4.76. The predicted molar refractivity (Wildman–Crippen MR) is 76.4 cm³/mol. The van der Waals surface area contributed by atoms with Gasteiger partial charge in [-0.15, -0.1) is 0 Å². The van der Waals surface area contributed by atoms with Gasteiger partial charge in [-0.2, -0.15) is 0 Å². The zero-order valence-electron chi connectivity index (χ0n) is 12.7. The Morgan fingerprint density at radius 2 is 2.00 bits per heavy atom. The van der Waals surface area contributed by atoms with Crippen molar-refractivity contribution in [3.8, 4) is 0 Å². The zero-order chi connectivity index (χ0) is 13.1. The van der Waals surface area contributed by atoms with E-state index in [9.17, 15) is 0 Å². The minimum atomic E-state index is 0.469. The van der Waals surface area contributed by atoms with E-state index in [1.165, 1.54) is 25.8 Å². The molecule has 0 aliphatic heterocycles. The highest BCUT2D eigenvalue weighted by Crippen LogP contribution is 2.41. The molecule has 0 aromatic heterocycles. The highest BCUT2D eigenvalue weighted by atomic mass is 15.1. The van der Waals surface area contributed by atoms with Gasteiger partial charge < -0.3 is 10.2 Å². The molecule has 102 valence electrons. The van der Waals surface area contributed by atoms with E-state index in [-0.39, 0.29) is 0 Å². The minimum Gasteiger partial charge on any atom is -0.313 e. The number of hydrogen-bond donors (Lipinski definition) is 1. The van der Waals surface area contributed by atoms with E-state index >= 15 is 0 Å². The summed E-state index contributed by atoms with van der Waals surface area (Å²) in [5.41, 5.74) is 0.469. The Balaban J connectivity index is 2.58. The molecule has 0 saturated heterocycles. The third-order valence-corrected chi connectivity index (χ3v) is 4.76. The van der Waals surface area contributed by atoms with Crippen molar-refractivity contribution in [3.05, 3.63) is 0 Å². The fourth-order valence-electron chi connectivity index (χ4n) is 3.24. The van der Waals surface area contributed by atoms with Crippen molar-refractivity contribution in [2.24, 2.45) is 11.3 Å². The van der Waals surface area contributed by atoms with Gasteiger partial charge in [0.25, 0.3) is 0 Å². The Labute approximate surface area is 108 Å². The van der Waals surface area contributed by atoms with Gasteiger partial charge in [-0.1, -0.05) is 27.7 Å². The van der Waals surface area contributed by atoms with Crippen molar-refractivity contribution >= 4 is 0 Å². The Hall–Kier alpha value is -0.0800. The quantitative estimate of drug-likeness (QED) is 0.767. The van der Waals surface area contributed by atoms with Crippen molar-refractivity contribution in [1.29, 1.82) is 0 Å². The lowest BCUT2D eigenvalue weighted by Crippen LogP contribution is -2.46. The Morgan fingerprint density at radius 3 is 2.53 bits per heavy atom. The highest BCUT2D eigenvalue weighted by molar-refractivity contribution is 4.97. The zero-order valence-corrected chi connectivity index (χ0v) is 12.7. The second-order valence-corrected chi connectivity index (χ2v) is 6.52. The predicted octanol–water partition coefficient (Wildman–Crippen LogP) is 3.13. The summed E-state index contributed by atoms with van der Waals surface area (Å²) in [5, 5.41) is 3.72. The van der Waals surface area contributed by atoms with Crippen LogP contribution in [-0.4, -0.2) is 37.1 Å². The minimum absolute atomic E-state index is 0.469. The van der Waals surface area contributed by atoms with E-state index in [4.69, 9.17) is 0 Å². The van der Waals surface area contributed by atoms with E-state index in [2.05, 4.69) is 51.9 Å². The molecular weight excluding hydrogens is 208 g/mol. The van der Waals surface area contributed by atoms with Crippen molar-refractivity contribution in [1.82, 2.24) is 10.2 Å². The summed E-state index contributed by atoms with van der Waals surface area (Å²) in [6.45, 7) is 14.0. The van der Waals surface area contributed by atoms with E-state index < -0.39 is 0 Å². The third kappa shape index (κ3) is 3.69. The summed E-state index contributed by atoms with van der Waals surface area (Å²) < 4.78 is 0. The van der Waals surface area contributed by atoms with Gasteiger partial charge in [0.1, 0.15) is 0 Å². The second-order valence-electron chi connectivity index (χ2n) is 6.52. The number of nitrogens with zero attached hydrogens (tertiary/aromatic N) is 1. The molecule has 0 amide bonds. The van der Waals surface area contributed by atoms with Crippen LogP contribution in [0.15, 0.2) is 0 Å². The van der Waals surface area contributed by atoms with Crippen LogP contribution in [-0.2, 0) is 0 Å². The highest BCUT2D eigenvalue weighted by Gasteiger charge is 2.41. The molecule has 2 nitrogen and oxygen atoms in total. The first-order valence-corrected chi connectivity index (χ1v) is 7.36. The topological polar surface area (TPSA) is 15.3 Å². The van der Waals surface area contributed by atoms with Crippen LogP contribution >= 0.6 is 0 Å². The molecule has 1 saturated carbocycles. The molecule has 1 N–H and O–H groups in total. The van der Waals surface area contributed by atoms with E-state index in [1.54, 1.807) is 0 Å². The first-order chi connectivity index (χ1) is 7.92. The molecule has 0 heterocycles. The van der Waals surface area contributed by atoms with Crippen LogP contribution < -0.4 is 5.32 Å². The summed E-state index contributed by atoms with van der Waals surface area (Å²) >= 11 is 0. The SMILES string of the molecule is CCNC1C(CN(C)C(C)CC)CCC1(C)C. The van der Waals surface area contributed by atoms with Gasteiger partial charge in [0.05, 0.1) is 0 Å². The lowest BCUT2D eigenvalue weighted by molar-refractivity contribution is 0.175. The molecule has 17 heavy (non-hydrogen) atoms. The van der Waals surface area contributed by atoms with Crippen LogP contribution in [0.5, 0.6) is 0 Å². The molecule has 3 atom stereocenters.